The lowest BCUT2D eigenvalue weighted by molar-refractivity contribution is 1.33. The van der Waals surface area contributed by atoms with Crippen LogP contribution in [0.15, 0.2) is 11.5 Å². The molecule has 0 aromatic carbocycles. The Labute approximate surface area is 35.6 Å². The van der Waals surface area contributed by atoms with Gasteiger partial charge in [0.05, 0.1) is 6.54 Å². The van der Waals surface area contributed by atoms with Crippen LogP contribution in [-0.4, -0.2) is 0 Å². The van der Waals surface area contributed by atoms with E-state index in [-0.39, 0.29) is 0 Å². The van der Waals surface area contributed by atoms with Crippen LogP contribution in [0.3, 0.4) is 0 Å². The highest BCUT2D eigenvalue weighted by atomic mass is 32.2. The van der Waals surface area contributed by atoms with Gasteiger partial charge < -0.3 is 0 Å². The molecule has 0 unspecified atom stereocenters. The van der Waals surface area contributed by atoms with Gasteiger partial charge in [-0.25, -0.2) is 0 Å². The number of hydrogen-bond acceptors (Lipinski definition) is 2. The Kier molecular flexibility index (Phi) is 0.960. The summed E-state index contributed by atoms with van der Waals surface area (Å²) in [4.78, 5) is 0. The van der Waals surface area contributed by atoms with Crippen molar-refractivity contribution in [2.24, 2.45) is 0 Å². The summed E-state index contributed by atoms with van der Waals surface area (Å²) in [6, 6.07) is 0. The largest absolute Gasteiger partial charge is 0.252 e. The molecule has 0 aromatic heterocycles. The maximum absolute atomic E-state index is 2.90. The van der Waals surface area contributed by atoms with Crippen LogP contribution in [0.2, 0.25) is 0 Å². The van der Waals surface area contributed by atoms with E-state index in [1.165, 1.54) is 0 Å². The molecule has 1 nitrogen and oxygen atoms in total. The molecule has 1 N–H and O–H groups in total. The van der Waals surface area contributed by atoms with Crippen LogP contribution >= 0.6 is 11.9 Å². The fraction of sp³-hybridized carbons (Fsp3) is 0. The average Bonchev–Trinajstić information content (AvgIpc) is 1.76. The fourth-order valence-electron chi connectivity index (χ4n) is 0.196. The molecule has 0 bridgehead atoms. The molecule has 5 heavy (non-hydrogen) atoms. The Morgan fingerprint density at radius 3 is 2.80 bits per heavy atom. The van der Waals surface area contributed by atoms with E-state index >= 15 is 0 Å². The quantitative estimate of drug-likeness (QED) is 0.440. The van der Waals surface area contributed by atoms with E-state index in [4.69, 9.17) is 0 Å². The number of nitrogens with one attached hydrogen (secondary N) is 1. The Morgan fingerprint density at radius 1 is 1.60 bits per heavy atom. The van der Waals surface area contributed by atoms with E-state index in [2.05, 4.69) is 4.72 Å². The van der Waals surface area contributed by atoms with Crippen molar-refractivity contribution < 1.29 is 0 Å². The zero-order valence-electron chi connectivity index (χ0n) is 2.64. The van der Waals surface area contributed by atoms with Crippen molar-refractivity contribution >= 4 is 11.9 Å². The van der Waals surface area contributed by atoms with Crippen molar-refractivity contribution in [3.8, 4) is 0 Å². The molecule has 1 aliphatic rings. The first kappa shape index (κ1) is 3.25. The van der Waals surface area contributed by atoms with Crippen LogP contribution in [0.5, 0.6) is 0 Å². The Morgan fingerprint density at radius 2 is 2.60 bits per heavy atom. The molecule has 1 aliphatic heterocycles. The van der Waals surface area contributed by atoms with Gasteiger partial charge in [0.15, 0.2) is 0 Å². The van der Waals surface area contributed by atoms with E-state index in [1.807, 2.05) is 18.0 Å². The molecule has 1 radical (unpaired) electrons. The van der Waals surface area contributed by atoms with Crippen molar-refractivity contribution in [3.05, 3.63) is 18.0 Å². The molecular formula is C3H4NS. The van der Waals surface area contributed by atoms with E-state index in [0.29, 0.717) is 0 Å². The zero-order valence-corrected chi connectivity index (χ0v) is 3.46. The van der Waals surface area contributed by atoms with Gasteiger partial charge in [0, 0.05) is 0 Å². The molecule has 0 saturated heterocycles. The van der Waals surface area contributed by atoms with Crippen molar-refractivity contribution in [1.29, 1.82) is 0 Å². The highest BCUT2D eigenvalue weighted by molar-refractivity contribution is 8.00. The summed E-state index contributed by atoms with van der Waals surface area (Å²) in [5, 5.41) is 1.99. The van der Waals surface area contributed by atoms with Gasteiger partial charge in [-0.1, -0.05) is 18.0 Å². The van der Waals surface area contributed by atoms with Crippen molar-refractivity contribution in [2.75, 3.05) is 0 Å². The second kappa shape index (κ2) is 1.48. The summed E-state index contributed by atoms with van der Waals surface area (Å²) in [6.07, 6.45) is 1.96. The van der Waals surface area contributed by atoms with E-state index in [1.54, 1.807) is 11.9 Å². The lowest BCUT2D eigenvalue weighted by Crippen LogP contribution is -1.84. The average molecular weight is 86.1 g/mol. The lowest BCUT2D eigenvalue weighted by atomic mass is 10.7. The van der Waals surface area contributed by atoms with Crippen LogP contribution in [0.4, 0.5) is 0 Å². The summed E-state index contributed by atoms with van der Waals surface area (Å²) < 4.78 is 2.90. The van der Waals surface area contributed by atoms with Crippen molar-refractivity contribution in [2.45, 2.75) is 0 Å². The topological polar surface area (TPSA) is 12.0 Å². The normalized spacial score (nSPS) is 20.8. The zero-order chi connectivity index (χ0) is 3.54. The van der Waals surface area contributed by atoms with Gasteiger partial charge in [-0.15, -0.1) is 0 Å². The van der Waals surface area contributed by atoms with Gasteiger partial charge >= 0.3 is 0 Å². The van der Waals surface area contributed by atoms with Gasteiger partial charge in [-0.2, -0.15) is 0 Å². The maximum atomic E-state index is 2.90. The first-order chi connectivity index (χ1) is 2.50. The Bertz CT molecular complexity index is 44.9. The van der Waals surface area contributed by atoms with Gasteiger partial charge in [0.1, 0.15) is 0 Å². The molecule has 0 fully saturated rings. The molecule has 0 amide bonds. The van der Waals surface area contributed by atoms with E-state index in [9.17, 15) is 0 Å². The summed E-state index contributed by atoms with van der Waals surface area (Å²) in [7, 11) is 0. The minimum absolute atomic E-state index is 1.59. The Hall–Kier alpha value is 0.0500. The second-order valence-corrected chi connectivity index (χ2v) is 1.47. The summed E-state index contributed by atoms with van der Waals surface area (Å²) in [5.41, 5.74) is 0. The molecule has 0 aromatic rings. The fourth-order valence-corrected chi connectivity index (χ4v) is 0.589. The van der Waals surface area contributed by atoms with Crippen LogP contribution < -0.4 is 4.72 Å². The van der Waals surface area contributed by atoms with Gasteiger partial charge in [0.2, 0.25) is 0 Å². The third-order valence-corrected chi connectivity index (χ3v) is 0.944. The molecule has 0 aliphatic carbocycles. The molecule has 2 heteroatoms. The van der Waals surface area contributed by atoms with Crippen LogP contribution in [0.25, 0.3) is 0 Å². The van der Waals surface area contributed by atoms with Gasteiger partial charge in [0.25, 0.3) is 0 Å². The molecule has 1 rings (SSSR count). The van der Waals surface area contributed by atoms with E-state index < -0.39 is 0 Å². The minimum Gasteiger partial charge on any atom is -0.252 e. The van der Waals surface area contributed by atoms with Crippen LogP contribution in [-0.2, 0) is 0 Å². The first-order valence-electron chi connectivity index (χ1n) is 1.40. The molecular weight excluding hydrogens is 82.1 g/mol. The van der Waals surface area contributed by atoms with E-state index in [0.717, 1.165) is 0 Å². The van der Waals surface area contributed by atoms with Gasteiger partial charge in [-0.05, 0) is 5.41 Å². The minimum atomic E-state index is 1.59. The number of hydrogen-bond donors (Lipinski definition) is 1. The maximum Gasteiger partial charge on any atom is 0.0561 e. The number of rotatable bonds is 0. The predicted octanol–water partition coefficient (Wildman–Crippen LogP) is 0.913. The van der Waals surface area contributed by atoms with Crippen molar-refractivity contribution in [3.63, 3.8) is 0 Å². The third-order valence-electron chi connectivity index (χ3n) is 0.379. The highest BCUT2D eigenvalue weighted by Crippen LogP contribution is 2.02. The Balaban J connectivity index is 2.32. The molecule has 0 saturated carbocycles. The molecule has 27 valence electrons. The monoisotopic (exact) mass is 86.0 g/mol. The van der Waals surface area contributed by atoms with Crippen molar-refractivity contribution in [1.82, 2.24) is 4.72 Å². The standard InChI is InChI=1S/C3H4NS/c1-2-4-5-3-1/h1-4H. The smallest absolute Gasteiger partial charge is 0.0561 e. The summed E-state index contributed by atoms with van der Waals surface area (Å²) in [6.45, 7) is 1.89. The van der Waals surface area contributed by atoms with Gasteiger partial charge in [-0.3, -0.25) is 4.72 Å². The SMILES string of the molecule is [CH]1C=CSN1. The molecule has 1 heterocycles. The third kappa shape index (κ3) is 0.667. The summed E-state index contributed by atoms with van der Waals surface area (Å²) >= 11 is 1.59. The lowest BCUT2D eigenvalue weighted by Gasteiger charge is -1.75. The second-order valence-electron chi connectivity index (χ2n) is 0.731. The van der Waals surface area contributed by atoms with Crippen LogP contribution in [0, 0.1) is 6.54 Å². The molecule has 0 atom stereocenters. The predicted molar refractivity (Wildman–Crippen MR) is 24.2 cm³/mol. The van der Waals surface area contributed by atoms with Crippen LogP contribution in [0.1, 0.15) is 0 Å². The first-order valence-corrected chi connectivity index (χ1v) is 2.27. The summed E-state index contributed by atoms with van der Waals surface area (Å²) in [5.74, 6) is 0. The molecule has 0 spiro atoms. The highest BCUT2D eigenvalue weighted by Gasteiger charge is 1.83.